The van der Waals surface area contributed by atoms with Crippen molar-refractivity contribution in [3.8, 4) is 0 Å². The second kappa shape index (κ2) is 5.30. The van der Waals surface area contributed by atoms with Crippen LogP contribution in [-0.4, -0.2) is 28.8 Å². The van der Waals surface area contributed by atoms with Gasteiger partial charge in [0.25, 0.3) is 0 Å². The minimum Gasteiger partial charge on any atom is -0.340 e. The van der Waals surface area contributed by atoms with Crippen molar-refractivity contribution in [3.63, 3.8) is 0 Å². The molecular formula is C15H16ClFN2O2. The highest BCUT2D eigenvalue weighted by Gasteiger charge is 2.48. The Morgan fingerprint density at radius 3 is 2.67 bits per heavy atom. The normalized spacial score (nSPS) is 21.0. The molecule has 1 N–H and O–H groups in total. The second-order valence-corrected chi connectivity index (χ2v) is 6.11. The minimum atomic E-state index is -0.785. The predicted octanol–water partition coefficient (Wildman–Crippen LogP) is 2.25. The number of carbonyl (C=O) groups excluding carboxylic acids is 2. The zero-order valence-electron chi connectivity index (χ0n) is 11.5. The molecule has 1 aromatic carbocycles. The number of nitrogens with zero attached hydrogens (tertiary/aromatic N) is 1. The summed E-state index contributed by atoms with van der Waals surface area (Å²) in [6.45, 7) is -0.0231. The molecule has 112 valence electrons. The van der Waals surface area contributed by atoms with Gasteiger partial charge < -0.3 is 10.2 Å². The summed E-state index contributed by atoms with van der Waals surface area (Å²) in [5.74, 6) is -0.773. The summed E-state index contributed by atoms with van der Waals surface area (Å²) in [5.41, 5.74) is -0.525. The number of nitrogens with one attached hydrogen (secondary N) is 1. The number of benzene rings is 1. The van der Waals surface area contributed by atoms with Crippen LogP contribution >= 0.6 is 11.6 Å². The predicted molar refractivity (Wildman–Crippen MR) is 76.2 cm³/mol. The molecule has 0 bridgehead atoms. The van der Waals surface area contributed by atoms with Crippen LogP contribution in [0.3, 0.4) is 0 Å². The fraction of sp³-hybridized carbons (Fsp3) is 0.467. The van der Waals surface area contributed by atoms with Gasteiger partial charge in [0.2, 0.25) is 11.8 Å². The zero-order chi connectivity index (χ0) is 15.0. The Labute approximate surface area is 127 Å². The molecule has 1 saturated carbocycles. The molecule has 0 aromatic heterocycles. The fourth-order valence-electron chi connectivity index (χ4n) is 3.23. The van der Waals surface area contributed by atoms with E-state index in [2.05, 4.69) is 5.32 Å². The number of rotatable bonds is 2. The third-order valence-electron chi connectivity index (χ3n) is 4.28. The molecule has 3 rings (SSSR count). The molecule has 2 aliphatic rings. The molecule has 1 aliphatic heterocycles. The average molecular weight is 311 g/mol. The van der Waals surface area contributed by atoms with E-state index < -0.39 is 11.4 Å². The molecule has 1 heterocycles. The van der Waals surface area contributed by atoms with Crippen LogP contribution in [0.4, 0.5) is 4.39 Å². The Hall–Kier alpha value is -1.62. The van der Waals surface area contributed by atoms with Gasteiger partial charge in [0.1, 0.15) is 11.4 Å². The van der Waals surface area contributed by atoms with Crippen molar-refractivity contribution in [1.29, 1.82) is 0 Å². The van der Waals surface area contributed by atoms with Gasteiger partial charge in [-0.25, -0.2) is 4.39 Å². The number of piperazine rings is 1. The molecule has 1 aliphatic carbocycles. The maximum atomic E-state index is 13.9. The molecule has 0 atom stereocenters. The van der Waals surface area contributed by atoms with Crippen molar-refractivity contribution in [2.24, 2.45) is 0 Å². The van der Waals surface area contributed by atoms with Crippen LogP contribution in [-0.2, 0) is 16.1 Å². The van der Waals surface area contributed by atoms with Gasteiger partial charge in [-0.3, -0.25) is 9.59 Å². The summed E-state index contributed by atoms with van der Waals surface area (Å²) < 4.78 is 13.9. The van der Waals surface area contributed by atoms with E-state index in [4.69, 9.17) is 11.6 Å². The van der Waals surface area contributed by atoms with Gasteiger partial charge in [-0.15, -0.1) is 0 Å². The highest BCUT2D eigenvalue weighted by atomic mass is 35.5. The van der Waals surface area contributed by atoms with Gasteiger partial charge in [0.05, 0.1) is 13.1 Å². The molecule has 6 heteroatoms. The van der Waals surface area contributed by atoms with Gasteiger partial charge in [-0.1, -0.05) is 30.5 Å². The average Bonchev–Trinajstić information content (AvgIpc) is 2.89. The first kappa shape index (κ1) is 14.3. The summed E-state index contributed by atoms with van der Waals surface area (Å²) in [6, 6.07) is 4.41. The van der Waals surface area contributed by atoms with Crippen LogP contribution in [0, 0.1) is 5.82 Å². The van der Waals surface area contributed by atoms with E-state index in [1.165, 1.54) is 17.0 Å². The van der Waals surface area contributed by atoms with Crippen molar-refractivity contribution in [1.82, 2.24) is 10.2 Å². The Kier molecular flexibility index (Phi) is 3.61. The smallest absolute Gasteiger partial charge is 0.249 e. The van der Waals surface area contributed by atoms with Crippen LogP contribution in [0.1, 0.15) is 31.2 Å². The number of halogens is 2. The molecule has 2 fully saturated rings. The molecule has 0 radical (unpaired) electrons. The largest absolute Gasteiger partial charge is 0.340 e. The standard InChI is InChI=1S/C15H16ClFN2O2/c16-11-4-3-5-12(17)10(11)8-19-9-13(20)18-15(14(19)21)6-1-2-7-15/h3-5H,1-2,6-9H2,(H,18,20). The summed E-state index contributed by atoms with van der Waals surface area (Å²) in [6.07, 6.45) is 3.14. The third-order valence-corrected chi connectivity index (χ3v) is 4.63. The van der Waals surface area contributed by atoms with E-state index in [9.17, 15) is 14.0 Å². The summed E-state index contributed by atoms with van der Waals surface area (Å²) >= 11 is 6.01. The van der Waals surface area contributed by atoms with Gasteiger partial charge in [-0.05, 0) is 25.0 Å². The monoisotopic (exact) mass is 310 g/mol. The lowest BCUT2D eigenvalue weighted by Crippen LogP contribution is -2.65. The number of hydrogen-bond acceptors (Lipinski definition) is 2. The SMILES string of the molecule is O=C1CN(Cc2c(F)cccc2Cl)C(=O)C2(CCCC2)N1. The number of amides is 2. The molecule has 0 unspecified atom stereocenters. The van der Waals surface area contributed by atoms with Crippen molar-refractivity contribution < 1.29 is 14.0 Å². The van der Waals surface area contributed by atoms with Gasteiger partial charge >= 0.3 is 0 Å². The Balaban J connectivity index is 1.87. The van der Waals surface area contributed by atoms with E-state index in [0.717, 1.165) is 12.8 Å². The first-order valence-electron chi connectivity index (χ1n) is 7.05. The van der Waals surface area contributed by atoms with Crippen LogP contribution in [0.5, 0.6) is 0 Å². The lowest BCUT2D eigenvalue weighted by atomic mass is 9.93. The summed E-state index contributed by atoms with van der Waals surface area (Å²) in [4.78, 5) is 26.0. The highest BCUT2D eigenvalue weighted by Crippen LogP contribution is 2.34. The fourth-order valence-corrected chi connectivity index (χ4v) is 3.45. The maximum absolute atomic E-state index is 13.9. The van der Waals surface area contributed by atoms with E-state index in [1.54, 1.807) is 6.07 Å². The lowest BCUT2D eigenvalue weighted by molar-refractivity contribution is -0.150. The van der Waals surface area contributed by atoms with Gasteiger partial charge in [0, 0.05) is 10.6 Å². The molecule has 4 nitrogen and oxygen atoms in total. The quantitative estimate of drug-likeness (QED) is 0.911. The van der Waals surface area contributed by atoms with Crippen LogP contribution < -0.4 is 5.32 Å². The van der Waals surface area contributed by atoms with Crippen LogP contribution in [0.2, 0.25) is 5.02 Å². The van der Waals surface area contributed by atoms with Crippen molar-refractivity contribution >= 4 is 23.4 Å². The molecule has 2 amide bonds. The Morgan fingerprint density at radius 2 is 2.00 bits per heavy atom. The second-order valence-electron chi connectivity index (χ2n) is 5.70. The van der Waals surface area contributed by atoms with Crippen molar-refractivity contribution in [2.75, 3.05) is 6.54 Å². The van der Waals surface area contributed by atoms with E-state index >= 15 is 0 Å². The Bertz CT molecular complexity index is 579. The lowest BCUT2D eigenvalue weighted by Gasteiger charge is -2.39. The Morgan fingerprint density at radius 1 is 1.29 bits per heavy atom. The summed E-state index contributed by atoms with van der Waals surface area (Å²) in [7, 11) is 0. The van der Waals surface area contributed by atoms with E-state index in [1.807, 2.05) is 0 Å². The maximum Gasteiger partial charge on any atom is 0.249 e. The van der Waals surface area contributed by atoms with E-state index in [-0.39, 0.29) is 35.5 Å². The first-order chi connectivity index (χ1) is 10.0. The van der Waals surface area contributed by atoms with Crippen molar-refractivity contribution in [3.05, 3.63) is 34.6 Å². The zero-order valence-corrected chi connectivity index (χ0v) is 12.3. The third kappa shape index (κ3) is 2.50. The summed E-state index contributed by atoms with van der Waals surface area (Å²) in [5, 5.41) is 3.10. The van der Waals surface area contributed by atoms with E-state index in [0.29, 0.717) is 12.8 Å². The van der Waals surface area contributed by atoms with Crippen LogP contribution in [0.25, 0.3) is 0 Å². The van der Waals surface area contributed by atoms with Gasteiger partial charge in [-0.2, -0.15) is 0 Å². The number of carbonyl (C=O) groups is 2. The number of hydrogen-bond donors (Lipinski definition) is 1. The molecule has 21 heavy (non-hydrogen) atoms. The topological polar surface area (TPSA) is 49.4 Å². The molecular weight excluding hydrogens is 295 g/mol. The van der Waals surface area contributed by atoms with Gasteiger partial charge in [0.15, 0.2) is 0 Å². The minimum absolute atomic E-state index is 0.0273. The van der Waals surface area contributed by atoms with Crippen LogP contribution in [0.15, 0.2) is 18.2 Å². The molecule has 1 spiro atoms. The van der Waals surface area contributed by atoms with Crippen molar-refractivity contribution in [2.45, 2.75) is 37.8 Å². The molecule has 1 saturated heterocycles. The molecule has 1 aromatic rings. The highest BCUT2D eigenvalue weighted by molar-refractivity contribution is 6.31. The first-order valence-corrected chi connectivity index (χ1v) is 7.43.